The Morgan fingerprint density at radius 2 is 2.09 bits per heavy atom. The van der Waals surface area contributed by atoms with Gasteiger partial charge >= 0.3 is 0 Å². The first kappa shape index (κ1) is 15.3. The van der Waals surface area contributed by atoms with Crippen molar-refractivity contribution in [2.75, 3.05) is 11.9 Å². The second kappa shape index (κ2) is 7.11. The summed E-state index contributed by atoms with van der Waals surface area (Å²) < 4.78 is 11.6. The van der Waals surface area contributed by atoms with Crippen LogP contribution in [0.25, 0.3) is 0 Å². The van der Waals surface area contributed by atoms with E-state index in [2.05, 4.69) is 5.32 Å². The van der Waals surface area contributed by atoms with Gasteiger partial charge in [0.2, 0.25) is 0 Å². The predicted molar refractivity (Wildman–Crippen MR) is 84.9 cm³/mol. The third-order valence-corrected chi connectivity index (χ3v) is 4.37. The number of rotatable bonds is 5. The molecule has 3 rings (SSSR count). The van der Waals surface area contributed by atoms with Gasteiger partial charge in [0.1, 0.15) is 11.9 Å². The maximum atomic E-state index is 12.2. The fourth-order valence-electron chi connectivity index (χ4n) is 3.14. The number of hydrogen-bond donors (Lipinski definition) is 2. The summed E-state index contributed by atoms with van der Waals surface area (Å²) in [5.74, 6) is 0.714. The van der Waals surface area contributed by atoms with E-state index in [1.807, 2.05) is 24.3 Å². The molecule has 1 heterocycles. The lowest BCUT2D eigenvalue weighted by Gasteiger charge is -2.15. The molecule has 3 N–H and O–H groups in total. The number of nitrogens with two attached hydrogens (primary N) is 1. The second-order valence-electron chi connectivity index (χ2n) is 6.10. The van der Waals surface area contributed by atoms with E-state index >= 15 is 0 Å². The van der Waals surface area contributed by atoms with E-state index < -0.39 is 6.10 Å². The van der Waals surface area contributed by atoms with Crippen molar-refractivity contribution in [3.05, 3.63) is 24.3 Å². The van der Waals surface area contributed by atoms with E-state index in [4.69, 9.17) is 15.2 Å². The molecule has 1 aromatic carbocycles. The molecule has 5 heteroatoms. The highest BCUT2D eigenvalue weighted by Gasteiger charge is 2.29. The van der Waals surface area contributed by atoms with Crippen LogP contribution in [0.1, 0.15) is 38.5 Å². The summed E-state index contributed by atoms with van der Waals surface area (Å²) in [6.07, 6.45) is 6.21. The van der Waals surface area contributed by atoms with Crippen molar-refractivity contribution >= 4 is 11.6 Å². The number of ether oxygens (including phenoxy) is 2. The van der Waals surface area contributed by atoms with Crippen LogP contribution >= 0.6 is 0 Å². The molecule has 1 amide bonds. The predicted octanol–water partition coefficient (Wildman–Crippen LogP) is 2.45. The fourth-order valence-corrected chi connectivity index (χ4v) is 3.14. The van der Waals surface area contributed by atoms with Crippen molar-refractivity contribution in [2.24, 2.45) is 5.73 Å². The van der Waals surface area contributed by atoms with Gasteiger partial charge in [-0.25, -0.2) is 0 Å². The molecule has 0 bridgehead atoms. The first-order valence-corrected chi connectivity index (χ1v) is 8.17. The molecule has 0 spiro atoms. The quantitative estimate of drug-likeness (QED) is 0.876. The molecule has 1 aromatic rings. The van der Waals surface area contributed by atoms with Gasteiger partial charge in [0.05, 0.1) is 12.2 Å². The molecule has 1 aliphatic carbocycles. The Morgan fingerprint density at radius 3 is 2.82 bits per heavy atom. The van der Waals surface area contributed by atoms with E-state index in [1.54, 1.807) is 0 Å². The average molecular weight is 304 g/mol. The average Bonchev–Trinajstić information content (AvgIpc) is 3.18. The number of hydrogen-bond acceptors (Lipinski definition) is 4. The maximum absolute atomic E-state index is 12.2. The third-order valence-electron chi connectivity index (χ3n) is 4.37. The van der Waals surface area contributed by atoms with Gasteiger partial charge in [0, 0.05) is 18.3 Å². The van der Waals surface area contributed by atoms with Gasteiger partial charge < -0.3 is 20.5 Å². The summed E-state index contributed by atoms with van der Waals surface area (Å²) in [5.41, 5.74) is 6.32. The molecule has 2 fully saturated rings. The minimum Gasteiger partial charge on any atom is -0.490 e. The zero-order valence-corrected chi connectivity index (χ0v) is 12.8. The Bertz CT molecular complexity index is 514. The molecule has 5 nitrogen and oxygen atoms in total. The smallest absolute Gasteiger partial charge is 0.253 e. The van der Waals surface area contributed by atoms with Gasteiger partial charge in [-0.15, -0.1) is 0 Å². The van der Waals surface area contributed by atoms with Crippen molar-refractivity contribution in [3.63, 3.8) is 0 Å². The van der Waals surface area contributed by atoms with Gasteiger partial charge in [-0.2, -0.15) is 0 Å². The van der Waals surface area contributed by atoms with Crippen LogP contribution in [0.5, 0.6) is 5.75 Å². The summed E-state index contributed by atoms with van der Waals surface area (Å²) in [6.45, 7) is 0.467. The summed E-state index contributed by atoms with van der Waals surface area (Å²) in [7, 11) is 0. The zero-order valence-electron chi connectivity index (χ0n) is 12.8. The molecule has 0 radical (unpaired) electrons. The van der Waals surface area contributed by atoms with Crippen LogP contribution in [0, 0.1) is 0 Å². The first-order chi connectivity index (χ1) is 10.7. The molecule has 1 aliphatic heterocycles. The van der Waals surface area contributed by atoms with Crippen LogP contribution in [0.4, 0.5) is 5.69 Å². The van der Waals surface area contributed by atoms with Gasteiger partial charge in [-0.05, 0) is 50.7 Å². The fraction of sp³-hybridized carbons (Fsp3) is 0.588. The number of amides is 1. The number of benzene rings is 1. The van der Waals surface area contributed by atoms with Gasteiger partial charge in [0.25, 0.3) is 5.91 Å². The van der Waals surface area contributed by atoms with Crippen molar-refractivity contribution in [1.29, 1.82) is 0 Å². The van der Waals surface area contributed by atoms with Crippen LogP contribution < -0.4 is 15.8 Å². The Balaban J connectivity index is 1.56. The van der Waals surface area contributed by atoms with E-state index in [-0.39, 0.29) is 12.0 Å². The highest BCUT2D eigenvalue weighted by molar-refractivity contribution is 5.94. The number of carbonyl (C=O) groups is 1. The lowest BCUT2D eigenvalue weighted by molar-refractivity contribution is -0.126. The molecule has 22 heavy (non-hydrogen) atoms. The van der Waals surface area contributed by atoms with E-state index in [0.717, 1.165) is 37.1 Å². The van der Waals surface area contributed by atoms with Crippen molar-refractivity contribution in [3.8, 4) is 5.75 Å². The SMILES string of the molecule is NC[C@H]1CC[C@@H](C(=O)Nc2cccc(OC3CCCC3)c2)O1. The van der Waals surface area contributed by atoms with Crippen LogP contribution in [-0.4, -0.2) is 30.8 Å². The second-order valence-corrected chi connectivity index (χ2v) is 6.10. The highest BCUT2D eigenvalue weighted by Crippen LogP contribution is 2.26. The minimum atomic E-state index is -0.395. The highest BCUT2D eigenvalue weighted by atomic mass is 16.5. The molecule has 2 atom stereocenters. The monoisotopic (exact) mass is 304 g/mol. The van der Waals surface area contributed by atoms with Crippen molar-refractivity contribution in [2.45, 2.75) is 56.8 Å². The van der Waals surface area contributed by atoms with Crippen molar-refractivity contribution in [1.82, 2.24) is 0 Å². The van der Waals surface area contributed by atoms with E-state index in [9.17, 15) is 4.79 Å². The van der Waals surface area contributed by atoms with E-state index in [1.165, 1.54) is 12.8 Å². The molecular weight excluding hydrogens is 280 g/mol. The molecule has 1 saturated heterocycles. The Labute approximate surface area is 131 Å². The van der Waals surface area contributed by atoms with Gasteiger partial charge in [-0.1, -0.05) is 6.07 Å². The topological polar surface area (TPSA) is 73.6 Å². The van der Waals surface area contributed by atoms with Crippen LogP contribution in [-0.2, 0) is 9.53 Å². The van der Waals surface area contributed by atoms with Crippen molar-refractivity contribution < 1.29 is 14.3 Å². The molecule has 2 aliphatic rings. The Hall–Kier alpha value is -1.59. The van der Waals surface area contributed by atoms with E-state index in [0.29, 0.717) is 12.6 Å². The third kappa shape index (κ3) is 3.78. The lowest BCUT2D eigenvalue weighted by atomic mass is 10.2. The standard InChI is InChI=1S/C17H24N2O3/c18-11-15-8-9-16(22-15)17(20)19-12-4-3-7-14(10-12)21-13-5-1-2-6-13/h3-4,7,10,13,15-16H,1-2,5-6,8-9,11,18H2,(H,19,20)/t15-,16+/m1/s1. The molecule has 120 valence electrons. The Morgan fingerprint density at radius 1 is 1.27 bits per heavy atom. The summed E-state index contributed by atoms with van der Waals surface area (Å²) in [5, 5.41) is 2.91. The Kier molecular flexibility index (Phi) is 4.95. The van der Waals surface area contributed by atoms with Gasteiger partial charge in [-0.3, -0.25) is 4.79 Å². The molecule has 0 unspecified atom stereocenters. The summed E-state index contributed by atoms with van der Waals surface area (Å²) in [4.78, 5) is 12.2. The molecule has 0 aromatic heterocycles. The number of nitrogens with one attached hydrogen (secondary N) is 1. The summed E-state index contributed by atoms with van der Waals surface area (Å²) in [6, 6.07) is 7.59. The normalized spacial score (nSPS) is 25.3. The van der Waals surface area contributed by atoms with Crippen LogP contribution in [0.3, 0.4) is 0 Å². The number of anilines is 1. The zero-order chi connectivity index (χ0) is 15.4. The minimum absolute atomic E-state index is 0.00721. The van der Waals surface area contributed by atoms with Crippen LogP contribution in [0.2, 0.25) is 0 Å². The maximum Gasteiger partial charge on any atom is 0.253 e. The van der Waals surface area contributed by atoms with Crippen LogP contribution in [0.15, 0.2) is 24.3 Å². The first-order valence-electron chi connectivity index (χ1n) is 8.17. The lowest BCUT2D eigenvalue weighted by Crippen LogP contribution is -2.29. The molecule has 1 saturated carbocycles. The summed E-state index contributed by atoms with van der Waals surface area (Å²) >= 11 is 0. The molecular formula is C17H24N2O3. The largest absolute Gasteiger partial charge is 0.490 e. The number of carbonyl (C=O) groups excluding carboxylic acids is 1. The van der Waals surface area contributed by atoms with Gasteiger partial charge in [0.15, 0.2) is 0 Å².